The first-order chi connectivity index (χ1) is 10.8. The molecule has 0 aromatic heterocycles. The predicted molar refractivity (Wildman–Crippen MR) is 91.9 cm³/mol. The lowest BCUT2D eigenvalue weighted by molar-refractivity contribution is -0.384. The summed E-state index contributed by atoms with van der Waals surface area (Å²) >= 11 is 0. The van der Waals surface area contributed by atoms with Crippen molar-refractivity contribution in [3.8, 4) is 5.75 Å². The monoisotopic (exact) mass is 321 g/mol. The number of nitro benzene ring substituents is 1. The number of nitrogens with zero attached hydrogens (tertiary/aromatic N) is 1. The zero-order valence-electron chi connectivity index (χ0n) is 14.5. The van der Waals surface area contributed by atoms with Crippen LogP contribution in [0.25, 0.3) is 0 Å². The highest BCUT2D eigenvalue weighted by Crippen LogP contribution is 2.20. The molecule has 1 rings (SSSR count). The molecule has 0 saturated carbocycles. The fourth-order valence-corrected chi connectivity index (χ4v) is 2.30. The van der Waals surface area contributed by atoms with Crippen molar-refractivity contribution >= 4 is 5.69 Å². The summed E-state index contributed by atoms with van der Waals surface area (Å²) in [5.41, 5.74) is 1.28. The Bertz CT molecular complexity index is 520. The van der Waals surface area contributed by atoms with Crippen LogP contribution in [0, 0.1) is 10.1 Å². The van der Waals surface area contributed by atoms with Crippen LogP contribution < -0.4 is 4.74 Å². The second kappa shape index (κ2) is 9.30. The standard InChI is InChI=1S/C18H27NO4/c1-5-23-18(3,4)13-6-7-15(2)12-14-22-17-10-8-16(9-11-17)19(20)21/h8-12H,5-7,13-14H2,1-4H3/b15-12+. The molecule has 1 aromatic carbocycles. The number of nitro groups is 1. The molecule has 0 aliphatic heterocycles. The van der Waals surface area contributed by atoms with E-state index in [9.17, 15) is 10.1 Å². The molecule has 0 aliphatic carbocycles. The first-order valence-electron chi connectivity index (χ1n) is 8.01. The summed E-state index contributed by atoms with van der Waals surface area (Å²) in [7, 11) is 0. The molecule has 0 unspecified atom stereocenters. The number of allylic oxidation sites excluding steroid dienone is 1. The van der Waals surface area contributed by atoms with Crippen LogP contribution in [0.5, 0.6) is 5.75 Å². The van der Waals surface area contributed by atoms with Gasteiger partial charge >= 0.3 is 0 Å². The summed E-state index contributed by atoms with van der Waals surface area (Å²) in [6.07, 6.45) is 5.16. The minimum Gasteiger partial charge on any atom is -0.490 e. The maximum atomic E-state index is 10.6. The molecule has 0 aliphatic rings. The summed E-state index contributed by atoms with van der Waals surface area (Å²) in [5, 5.41) is 10.6. The number of non-ortho nitro benzene ring substituents is 1. The van der Waals surface area contributed by atoms with Gasteiger partial charge in [-0.1, -0.05) is 5.57 Å². The zero-order valence-corrected chi connectivity index (χ0v) is 14.5. The Kier molecular flexibility index (Phi) is 7.75. The average Bonchev–Trinajstić information content (AvgIpc) is 2.47. The molecule has 0 saturated heterocycles. The highest BCUT2D eigenvalue weighted by molar-refractivity contribution is 5.36. The number of ether oxygens (including phenoxy) is 2. The minimum absolute atomic E-state index is 0.0652. The molecule has 0 amide bonds. The molecule has 0 fully saturated rings. The van der Waals surface area contributed by atoms with Gasteiger partial charge in [0.2, 0.25) is 0 Å². The van der Waals surface area contributed by atoms with Gasteiger partial charge in [-0.05, 0) is 65.2 Å². The molecule has 0 radical (unpaired) electrons. The van der Waals surface area contributed by atoms with E-state index in [1.54, 1.807) is 12.1 Å². The minimum atomic E-state index is -0.419. The van der Waals surface area contributed by atoms with E-state index in [-0.39, 0.29) is 11.3 Å². The Balaban J connectivity index is 2.32. The van der Waals surface area contributed by atoms with Gasteiger partial charge in [-0.25, -0.2) is 0 Å². The highest BCUT2D eigenvalue weighted by Gasteiger charge is 2.16. The van der Waals surface area contributed by atoms with E-state index in [4.69, 9.17) is 9.47 Å². The van der Waals surface area contributed by atoms with Crippen molar-refractivity contribution in [1.82, 2.24) is 0 Å². The third kappa shape index (κ3) is 7.79. The first kappa shape index (κ1) is 19.2. The van der Waals surface area contributed by atoms with Crippen molar-refractivity contribution < 1.29 is 14.4 Å². The molecule has 23 heavy (non-hydrogen) atoms. The van der Waals surface area contributed by atoms with Crippen molar-refractivity contribution in [3.63, 3.8) is 0 Å². The van der Waals surface area contributed by atoms with Crippen LogP contribution in [-0.4, -0.2) is 23.7 Å². The average molecular weight is 321 g/mol. The highest BCUT2D eigenvalue weighted by atomic mass is 16.6. The molecule has 0 heterocycles. The van der Waals surface area contributed by atoms with E-state index in [2.05, 4.69) is 26.8 Å². The van der Waals surface area contributed by atoms with Gasteiger partial charge in [0.25, 0.3) is 5.69 Å². The number of benzene rings is 1. The Morgan fingerprint density at radius 3 is 2.52 bits per heavy atom. The predicted octanol–water partition coefficient (Wildman–Crippen LogP) is 4.91. The summed E-state index contributed by atoms with van der Waals surface area (Å²) in [5.74, 6) is 0.636. The molecule has 5 heteroatoms. The van der Waals surface area contributed by atoms with E-state index in [0.29, 0.717) is 12.4 Å². The van der Waals surface area contributed by atoms with Gasteiger partial charge in [0.05, 0.1) is 10.5 Å². The van der Waals surface area contributed by atoms with E-state index in [1.807, 2.05) is 6.92 Å². The first-order valence-corrected chi connectivity index (χ1v) is 8.01. The third-order valence-electron chi connectivity index (χ3n) is 3.61. The molecule has 0 N–H and O–H groups in total. The lowest BCUT2D eigenvalue weighted by Crippen LogP contribution is -2.24. The zero-order chi connectivity index (χ0) is 17.3. The van der Waals surface area contributed by atoms with Crippen molar-refractivity contribution in [2.75, 3.05) is 13.2 Å². The van der Waals surface area contributed by atoms with Gasteiger partial charge in [0, 0.05) is 18.7 Å². The van der Waals surface area contributed by atoms with Crippen LogP contribution in [0.2, 0.25) is 0 Å². The molecule has 1 aromatic rings. The van der Waals surface area contributed by atoms with Crippen molar-refractivity contribution in [2.24, 2.45) is 0 Å². The van der Waals surface area contributed by atoms with Gasteiger partial charge in [0.15, 0.2) is 0 Å². The van der Waals surface area contributed by atoms with E-state index >= 15 is 0 Å². The van der Waals surface area contributed by atoms with Crippen molar-refractivity contribution in [3.05, 3.63) is 46.0 Å². The van der Waals surface area contributed by atoms with Gasteiger partial charge < -0.3 is 9.47 Å². The van der Waals surface area contributed by atoms with Crippen LogP contribution in [0.4, 0.5) is 5.69 Å². The maximum Gasteiger partial charge on any atom is 0.269 e. The fourth-order valence-electron chi connectivity index (χ4n) is 2.30. The Hall–Kier alpha value is -1.88. The Labute approximate surface area is 138 Å². The van der Waals surface area contributed by atoms with Crippen LogP contribution in [0.15, 0.2) is 35.9 Å². The second-order valence-corrected chi connectivity index (χ2v) is 6.16. The molecule has 0 spiro atoms. The quantitative estimate of drug-likeness (QED) is 0.349. The fraction of sp³-hybridized carbons (Fsp3) is 0.556. The molecule has 0 atom stereocenters. The molecular weight excluding hydrogens is 294 g/mol. The largest absolute Gasteiger partial charge is 0.490 e. The van der Waals surface area contributed by atoms with E-state index in [1.165, 1.54) is 17.7 Å². The number of hydrogen-bond donors (Lipinski definition) is 0. The number of rotatable bonds is 10. The second-order valence-electron chi connectivity index (χ2n) is 6.16. The van der Waals surface area contributed by atoms with Crippen LogP contribution in [0.1, 0.15) is 47.0 Å². The van der Waals surface area contributed by atoms with Crippen LogP contribution in [-0.2, 0) is 4.74 Å². The van der Waals surface area contributed by atoms with Crippen molar-refractivity contribution in [1.29, 1.82) is 0 Å². The lowest BCUT2D eigenvalue weighted by Gasteiger charge is -2.24. The smallest absolute Gasteiger partial charge is 0.269 e. The summed E-state index contributed by atoms with van der Waals surface area (Å²) in [4.78, 5) is 10.2. The normalized spacial score (nSPS) is 12.3. The van der Waals surface area contributed by atoms with E-state index in [0.717, 1.165) is 25.9 Å². The maximum absolute atomic E-state index is 10.6. The van der Waals surface area contributed by atoms with Gasteiger partial charge in [0.1, 0.15) is 12.4 Å². The lowest BCUT2D eigenvalue weighted by atomic mass is 9.99. The SMILES string of the molecule is CCOC(C)(C)CCC/C(C)=C/COc1ccc([N+](=O)[O-])cc1. The molecular formula is C18H27NO4. The number of hydrogen-bond acceptors (Lipinski definition) is 4. The van der Waals surface area contributed by atoms with E-state index < -0.39 is 4.92 Å². The summed E-state index contributed by atoms with van der Waals surface area (Å²) < 4.78 is 11.3. The summed E-state index contributed by atoms with van der Waals surface area (Å²) in [6.45, 7) is 9.55. The van der Waals surface area contributed by atoms with Gasteiger partial charge in [-0.2, -0.15) is 0 Å². The van der Waals surface area contributed by atoms with Gasteiger partial charge in [-0.15, -0.1) is 0 Å². The Morgan fingerprint density at radius 1 is 1.30 bits per heavy atom. The van der Waals surface area contributed by atoms with Crippen LogP contribution >= 0.6 is 0 Å². The Morgan fingerprint density at radius 2 is 1.96 bits per heavy atom. The van der Waals surface area contributed by atoms with Crippen molar-refractivity contribution in [2.45, 2.75) is 52.6 Å². The molecule has 128 valence electrons. The van der Waals surface area contributed by atoms with Gasteiger partial charge in [-0.3, -0.25) is 10.1 Å². The summed E-state index contributed by atoms with van der Waals surface area (Å²) in [6, 6.07) is 6.13. The topological polar surface area (TPSA) is 61.6 Å². The molecule has 5 nitrogen and oxygen atoms in total. The third-order valence-corrected chi connectivity index (χ3v) is 3.61. The molecule has 0 bridgehead atoms. The van der Waals surface area contributed by atoms with Crippen LogP contribution in [0.3, 0.4) is 0 Å².